The largest absolute Gasteiger partial charge is 0.341 e. The minimum atomic E-state index is 0.325. The van der Waals surface area contributed by atoms with Crippen LogP contribution in [0.5, 0.6) is 0 Å². The number of rotatable bonds is 4. The maximum atomic E-state index is 6.02. The van der Waals surface area contributed by atoms with Gasteiger partial charge >= 0.3 is 0 Å². The molecular formula is C13H19ClN4S. The molecule has 0 N–H and O–H groups in total. The first-order valence-corrected chi connectivity index (χ1v) is 8.47. The van der Waals surface area contributed by atoms with E-state index in [1.54, 1.807) is 11.8 Å². The highest BCUT2D eigenvalue weighted by atomic mass is 35.5. The molecule has 0 radical (unpaired) electrons. The van der Waals surface area contributed by atoms with Crippen LogP contribution >= 0.6 is 23.4 Å². The zero-order chi connectivity index (χ0) is 13.1. The number of hydrogen-bond acceptors (Lipinski definition) is 5. The van der Waals surface area contributed by atoms with Gasteiger partial charge in [-0.2, -0.15) is 15.0 Å². The number of nitrogens with zero attached hydrogens (tertiary/aromatic N) is 4. The molecule has 0 amide bonds. The van der Waals surface area contributed by atoms with Gasteiger partial charge < -0.3 is 4.90 Å². The van der Waals surface area contributed by atoms with Gasteiger partial charge in [0.2, 0.25) is 11.2 Å². The smallest absolute Gasteiger partial charge is 0.230 e. The van der Waals surface area contributed by atoms with Crippen molar-refractivity contribution in [3.05, 3.63) is 5.28 Å². The molecule has 1 aliphatic carbocycles. The van der Waals surface area contributed by atoms with Crippen molar-refractivity contribution in [3.63, 3.8) is 0 Å². The molecule has 0 aromatic carbocycles. The van der Waals surface area contributed by atoms with Gasteiger partial charge in [-0.15, -0.1) is 0 Å². The van der Waals surface area contributed by atoms with Crippen LogP contribution < -0.4 is 4.90 Å². The summed E-state index contributed by atoms with van der Waals surface area (Å²) in [6.07, 6.45) is 7.89. The van der Waals surface area contributed by atoms with Crippen molar-refractivity contribution in [2.24, 2.45) is 5.92 Å². The summed E-state index contributed by atoms with van der Waals surface area (Å²) in [5.74, 6) is 2.70. The second-order valence-corrected chi connectivity index (χ2v) is 6.67. The molecule has 2 fully saturated rings. The van der Waals surface area contributed by atoms with Gasteiger partial charge in [0.25, 0.3) is 0 Å². The van der Waals surface area contributed by atoms with E-state index < -0.39 is 0 Å². The second-order valence-electron chi connectivity index (χ2n) is 5.34. The quantitative estimate of drug-likeness (QED) is 0.797. The molecule has 1 saturated heterocycles. The van der Waals surface area contributed by atoms with E-state index in [1.807, 2.05) is 0 Å². The lowest BCUT2D eigenvalue weighted by atomic mass is 10.1. The van der Waals surface area contributed by atoms with Crippen LogP contribution in [0.4, 0.5) is 5.95 Å². The molecule has 2 heterocycles. The Kier molecular flexibility index (Phi) is 4.43. The summed E-state index contributed by atoms with van der Waals surface area (Å²) in [6.45, 7) is 2.07. The summed E-state index contributed by atoms with van der Waals surface area (Å²) in [5.41, 5.74) is 0. The molecule has 19 heavy (non-hydrogen) atoms. The highest BCUT2D eigenvalue weighted by molar-refractivity contribution is 7.99. The fourth-order valence-corrected chi connectivity index (χ4v) is 4.04. The van der Waals surface area contributed by atoms with E-state index in [0.717, 1.165) is 35.9 Å². The van der Waals surface area contributed by atoms with Crippen LogP contribution in [0.3, 0.4) is 0 Å². The van der Waals surface area contributed by atoms with Crippen molar-refractivity contribution in [1.29, 1.82) is 0 Å². The first-order chi connectivity index (χ1) is 9.31. The van der Waals surface area contributed by atoms with Gasteiger partial charge in [-0.05, 0) is 43.2 Å². The first-order valence-electron chi connectivity index (χ1n) is 7.10. The molecule has 1 saturated carbocycles. The SMILES string of the molecule is Clc1nc(SCC2CCCC2)nc(N2CCCC2)n1. The zero-order valence-corrected chi connectivity index (χ0v) is 12.6. The standard InChI is InChI=1S/C13H19ClN4S/c14-11-15-12(18-7-3-4-8-18)17-13(16-11)19-9-10-5-1-2-6-10/h10H,1-9H2. The van der Waals surface area contributed by atoms with Crippen molar-refractivity contribution in [1.82, 2.24) is 15.0 Å². The highest BCUT2D eigenvalue weighted by Gasteiger charge is 2.19. The molecular weight excluding hydrogens is 280 g/mol. The molecule has 0 atom stereocenters. The van der Waals surface area contributed by atoms with E-state index in [0.29, 0.717) is 5.28 Å². The van der Waals surface area contributed by atoms with E-state index >= 15 is 0 Å². The van der Waals surface area contributed by atoms with E-state index in [-0.39, 0.29) is 0 Å². The Balaban J connectivity index is 1.66. The molecule has 1 aromatic heterocycles. The fourth-order valence-electron chi connectivity index (χ4n) is 2.81. The molecule has 6 heteroatoms. The van der Waals surface area contributed by atoms with Gasteiger partial charge in [-0.3, -0.25) is 0 Å². The maximum absolute atomic E-state index is 6.02. The van der Waals surface area contributed by atoms with Crippen LogP contribution in [0.15, 0.2) is 5.16 Å². The minimum Gasteiger partial charge on any atom is -0.341 e. The predicted octanol–water partition coefficient (Wildman–Crippen LogP) is 3.41. The van der Waals surface area contributed by atoms with Crippen LogP contribution in [0.1, 0.15) is 38.5 Å². The molecule has 1 aromatic rings. The third-order valence-corrected chi connectivity index (χ3v) is 5.14. The molecule has 3 rings (SSSR count). The molecule has 104 valence electrons. The lowest BCUT2D eigenvalue weighted by molar-refractivity contribution is 0.622. The van der Waals surface area contributed by atoms with Gasteiger partial charge in [-0.1, -0.05) is 24.6 Å². The van der Waals surface area contributed by atoms with Crippen LogP contribution in [-0.4, -0.2) is 33.8 Å². The Morgan fingerprint density at radius 1 is 1.05 bits per heavy atom. The average molecular weight is 299 g/mol. The summed E-state index contributed by atoms with van der Waals surface area (Å²) in [5, 5.41) is 1.11. The molecule has 0 bridgehead atoms. The first kappa shape index (κ1) is 13.4. The van der Waals surface area contributed by atoms with Gasteiger partial charge in [0.05, 0.1) is 0 Å². The lowest BCUT2D eigenvalue weighted by Gasteiger charge is -2.15. The van der Waals surface area contributed by atoms with E-state index in [2.05, 4.69) is 19.9 Å². The Hall–Kier alpha value is -0.550. The minimum absolute atomic E-state index is 0.325. The van der Waals surface area contributed by atoms with Crippen molar-refractivity contribution in [2.45, 2.75) is 43.7 Å². The van der Waals surface area contributed by atoms with Crippen LogP contribution in [0.2, 0.25) is 5.28 Å². The van der Waals surface area contributed by atoms with E-state index in [9.17, 15) is 0 Å². The van der Waals surface area contributed by atoms with Gasteiger partial charge in [-0.25, -0.2) is 0 Å². The third kappa shape index (κ3) is 3.51. The fraction of sp³-hybridized carbons (Fsp3) is 0.769. The number of anilines is 1. The van der Waals surface area contributed by atoms with E-state index in [4.69, 9.17) is 11.6 Å². The number of aromatic nitrogens is 3. The topological polar surface area (TPSA) is 41.9 Å². The molecule has 4 nitrogen and oxygen atoms in total. The summed E-state index contributed by atoms with van der Waals surface area (Å²) in [4.78, 5) is 15.3. The third-order valence-electron chi connectivity index (χ3n) is 3.89. The Morgan fingerprint density at radius 2 is 1.79 bits per heavy atom. The van der Waals surface area contributed by atoms with Crippen molar-refractivity contribution in [2.75, 3.05) is 23.7 Å². The highest BCUT2D eigenvalue weighted by Crippen LogP contribution is 2.30. The van der Waals surface area contributed by atoms with Gasteiger partial charge in [0, 0.05) is 18.8 Å². The Morgan fingerprint density at radius 3 is 2.53 bits per heavy atom. The monoisotopic (exact) mass is 298 g/mol. The summed E-state index contributed by atoms with van der Waals surface area (Å²) < 4.78 is 0. The summed E-state index contributed by atoms with van der Waals surface area (Å²) in [6, 6.07) is 0. The molecule has 2 aliphatic rings. The molecule has 1 aliphatic heterocycles. The van der Waals surface area contributed by atoms with Crippen LogP contribution in [0, 0.1) is 5.92 Å². The average Bonchev–Trinajstić information content (AvgIpc) is 3.09. The summed E-state index contributed by atoms with van der Waals surface area (Å²) >= 11 is 7.75. The van der Waals surface area contributed by atoms with E-state index in [1.165, 1.54) is 38.5 Å². The van der Waals surface area contributed by atoms with Gasteiger partial charge in [0.1, 0.15) is 0 Å². The molecule has 0 spiro atoms. The normalized spacial score (nSPS) is 20.4. The lowest BCUT2D eigenvalue weighted by Crippen LogP contribution is -2.21. The van der Waals surface area contributed by atoms with Crippen molar-refractivity contribution < 1.29 is 0 Å². The number of halogens is 1. The number of hydrogen-bond donors (Lipinski definition) is 0. The Labute approximate surface area is 123 Å². The van der Waals surface area contributed by atoms with Crippen LogP contribution in [0.25, 0.3) is 0 Å². The van der Waals surface area contributed by atoms with Crippen LogP contribution in [-0.2, 0) is 0 Å². The van der Waals surface area contributed by atoms with Gasteiger partial charge in [0.15, 0.2) is 5.16 Å². The van der Waals surface area contributed by atoms with Crippen molar-refractivity contribution in [3.8, 4) is 0 Å². The predicted molar refractivity (Wildman–Crippen MR) is 79.0 cm³/mol. The number of thioether (sulfide) groups is 1. The Bertz CT molecular complexity index is 431. The zero-order valence-electron chi connectivity index (χ0n) is 11.0. The maximum Gasteiger partial charge on any atom is 0.230 e. The molecule has 0 unspecified atom stereocenters. The van der Waals surface area contributed by atoms with Crippen molar-refractivity contribution >= 4 is 29.3 Å². The second kappa shape index (κ2) is 6.27. The summed E-state index contributed by atoms with van der Waals surface area (Å²) in [7, 11) is 0.